The zero-order chi connectivity index (χ0) is 17.4. The van der Waals surface area contributed by atoms with Crippen LogP contribution in [-0.4, -0.2) is 35.6 Å². The fourth-order valence-electron chi connectivity index (χ4n) is 2.52. The third-order valence-electron chi connectivity index (χ3n) is 4.14. The zero-order valence-electron chi connectivity index (χ0n) is 14.2. The standard InChI is InChI=1S/C17H27NO5/c1-11(19)8-6-4-5-7-9-16(21)18-12(2)15(20)10-14-13(3)23-17(14)22/h12-14H,4-10H2,1-3H3,(H,18,21)/t12-,13-,14+/m1/s1. The van der Waals surface area contributed by atoms with Crippen molar-refractivity contribution in [1.82, 2.24) is 5.32 Å². The molecule has 130 valence electrons. The van der Waals surface area contributed by atoms with Gasteiger partial charge < -0.3 is 14.8 Å². The lowest BCUT2D eigenvalue weighted by Gasteiger charge is -2.32. The average molecular weight is 325 g/mol. The Hall–Kier alpha value is -1.72. The van der Waals surface area contributed by atoms with Crippen molar-refractivity contribution in [3.8, 4) is 0 Å². The Balaban J connectivity index is 2.14. The highest BCUT2D eigenvalue weighted by atomic mass is 16.6. The number of nitrogens with one attached hydrogen (secondary N) is 1. The molecule has 1 rings (SSSR count). The molecule has 0 spiro atoms. The molecule has 6 heteroatoms. The number of esters is 1. The van der Waals surface area contributed by atoms with E-state index < -0.39 is 6.04 Å². The summed E-state index contributed by atoms with van der Waals surface area (Å²) in [4.78, 5) is 45.8. The molecular weight excluding hydrogens is 298 g/mol. The van der Waals surface area contributed by atoms with Crippen LogP contribution in [0.1, 0.15) is 65.7 Å². The number of ether oxygens (including phenoxy) is 1. The highest BCUT2D eigenvalue weighted by Gasteiger charge is 2.41. The molecule has 23 heavy (non-hydrogen) atoms. The largest absolute Gasteiger partial charge is 0.461 e. The lowest BCUT2D eigenvalue weighted by Crippen LogP contribution is -2.47. The molecule has 0 aromatic rings. The molecule has 0 aromatic heterocycles. The smallest absolute Gasteiger partial charge is 0.313 e. The molecular formula is C17H27NO5. The van der Waals surface area contributed by atoms with Crippen LogP contribution in [-0.2, 0) is 23.9 Å². The van der Waals surface area contributed by atoms with Crippen molar-refractivity contribution in [2.45, 2.75) is 77.9 Å². The summed E-state index contributed by atoms with van der Waals surface area (Å²) in [5.74, 6) is -0.812. The second-order valence-electron chi connectivity index (χ2n) is 6.32. The Bertz CT molecular complexity index is 460. The molecule has 1 saturated heterocycles. The Labute approximate surface area is 137 Å². The van der Waals surface area contributed by atoms with Crippen LogP contribution >= 0.6 is 0 Å². The number of carbonyl (C=O) groups is 4. The number of unbranched alkanes of at least 4 members (excludes halogenated alkanes) is 3. The molecule has 1 fully saturated rings. The van der Waals surface area contributed by atoms with Gasteiger partial charge in [0.2, 0.25) is 5.91 Å². The monoisotopic (exact) mass is 325 g/mol. The van der Waals surface area contributed by atoms with E-state index in [1.54, 1.807) is 20.8 Å². The molecule has 0 aliphatic carbocycles. The van der Waals surface area contributed by atoms with Crippen LogP contribution in [0.15, 0.2) is 0 Å². The van der Waals surface area contributed by atoms with Crippen molar-refractivity contribution in [3.05, 3.63) is 0 Å². The van der Waals surface area contributed by atoms with Crippen LogP contribution in [0.2, 0.25) is 0 Å². The second-order valence-corrected chi connectivity index (χ2v) is 6.32. The fraction of sp³-hybridized carbons (Fsp3) is 0.765. The van der Waals surface area contributed by atoms with E-state index in [1.807, 2.05) is 0 Å². The van der Waals surface area contributed by atoms with Crippen molar-refractivity contribution in [2.24, 2.45) is 5.92 Å². The number of cyclic esters (lactones) is 1. The van der Waals surface area contributed by atoms with E-state index in [0.717, 1.165) is 25.7 Å². The van der Waals surface area contributed by atoms with Gasteiger partial charge in [-0.1, -0.05) is 12.8 Å². The molecule has 3 atom stereocenters. The maximum atomic E-state index is 12.0. The predicted octanol–water partition coefficient (Wildman–Crippen LogP) is 1.94. The van der Waals surface area contributed by atoms with Crippen LogP contribution in [0.4, 0.5) is 0 Å². The van der Waals surface area contributed by atoms with E-state index in [0.29, 0.717) is 12.8 Å². The van der Waals surface area contributed by atoms with E-state index in [4.69, 9.17) is 4.74 Å². The number of carbonyl (C=O) groups excluding carboxylic acids is 4. The van der Waals surface area contributed by atoms with E-state index in [1.165, 1.54) is 0 Å². The van der Waals surface area contributed by atoms with Gasteiger partial charge in [-0.3, -0.25) is 14.4 Å². The van der Waals surface area contributed by atoms with Gasteiger partial charge in [-0.25, -0.2) is 0 Å². The second kappa shape index (κ2) is 9.43. The first-order chi connectivity index (χ1) is 10.8. The summed E-state index contributed by atoms with van der Waals surface area (Å²) in [6.07, 6.45) is 4.31. The predicted molar refractivity (Wildman–Crippen MR) is 84.7 cm³/mol. The zero-order valence-corrected chi connectivity index (χ0v) is 14.2. The highest BCUT2D eigenvalue weighted by molar-refractivity contribution is 5.92. The molecule has 1 aliphatic heterocycles. The lowest BCUT2D eigenvalue weighted by atomic mass is 9.90. The van der Waals surface area contributed by atoms with Crippen LogP contribution in [0.3, 0.4) is 0 Å². The van der Waals surface area contributed by atoms with Gasteiger partial charge in [0.15, 0.2) is 5.78 Å². The molecule has 0 unspecified atom stereocenters. The van der Waals surface area contributed by atoms with E-state index in [-0.39, 0.29) is 41.9 Å². The molecule has 1 N–H and O–H groups in total. The number of amides is 1. The Morgan fingerprint density at radius 3 is 2.26 bits per heavy atom. The van der Waals surface area contributed by atoms with E-state index in [9.17, 15) is 19.2 Å². The van der Waals surface area contributed by atoms with Gasteiger partial charge in [-0.15, -0.1) is 0 Å². The van der Waals surface area contributed by atoms with Crippen LogP contribution in [0, 0.1) is 5.92 Å². The summed E-state index contributed by atoms with van der Waals surface area (Å²) in [6, 6.07) is -0.583. The quantitative estimate of drug-likeness (QED) is 0.463. The van der Waals surface area contributed by atoms with Crippen molar-refractivity contribution < 1.29 is 23.9 Å². The maximum Gasteiger partial charge on any atom is 0.313 e. The van der Waals surface area contributed by atoms with Gasteiger partial charge in [0.05, 0.1) is 6.04 Å². The summed E-state index contributed by atoms with van der Waals surface area (Å²) in [5.41, 5.74) is 0. The average Bonchev–Trinajstić information content (AvgIpc) is 2.47. The first kappa shape index (κ1) is 19.3. The van der Waals surface area contributed by atoms with Gasteiger partial charge in [0, 0.05) is 19.3 Å². The maximum absolute atomic E-state index is 12.0. The minimum atomic E-state index is -0.583. The van der Waals surface area contributed by atoms with Crippen molar-refractivity contribution in [3.63, 3.8) is 0 Å². The number of hydrogen-bond donors (Lipinski definition) is 1. The summed E-state index contributed by atoms with van der Waals surface area (Å²) in [5, 5.41) is 2.68. The summed E-state index contributed by atoms with van der Waals surface area (Å²) < 4.78 is 4.81. The van der Waals surface area contributed by atoms with Gasteiger partial charge >= 0.3 is 5.97 Å². The molecule has 1 aliphatic rings. The summed E-state index contributed by atoms with van der Waals surface area (Å²) in [7, 11) is 0. The lowest BCUT2D eigenvalue weighted by molar-refractivity contribution is -0.183. The first-order valence-corrected chi connectivity index (χ1v) is 8.33. The van der Waals surface area contributed by atoms with Gasteiger partial charge in [-0.05, 0) is 33.6 Å². The molecule has 0 radical (unpaired) electrons. The normalized spacial score (nSPS) is 21.1. The Morgan fingerprint density at radius 1 is 1.13 bits per heavy atom. The number of rotatable bonds is 11. The van der Waals surface area contributed by atoms with Gasteiger partial charge in [0.1, 0.15) is 17.8 Å². The Kier molecular flexibility index (Phi) is 7.92. The Morgan fingerprint density at radius 2 is 1.74 bits per heavy atom. The van der Waals surface area contributed by atoms with E-state index >= 15 is 0 Å². The topological polar surface area (TPSA) is 89.5 Å². The molecule has 0 bridgehead atoms. The number of Topliss-reactive ketones (excluding diaryl/α,β-unsaturated/α-hetero) is 2. The third kappa shape index (κ3) is 6.93. The van der Waals surface area contributed by atoms with Crippen molar-refractivity contribution in [1.29, 1.82) is 0 Å². The number of ketones is 2. The van der Waals surface area contributed by atoms with Crippen LogP contribution in [0.5, 0.6) is 0 Å². The molecule has 0 saturated carbocycles. The molecule has 1 amide bonds. The number of hydrogen-bond acceptors (Lipinski definition) is 5. The molecule has 1 heterocycles. The first-order valence-electron chi connectivity index (χ1n) is 8.33. The van der Waals surface area contributed by atoms with Crippen LogP contribution in [0.25, 0.3) is 0 Å². The highest BCUT2D eigenvalue weighted by Crippen LogP contribution is 2.25. The van der Waals surface area contributed by atoms with Crippen molar-refractivity contribution >= 4 is 23.4 Å². The fourth-order valence-corrected chi connectivity index (χ4v) is 2.52. The molecule has 6 nitrogen and oxygen atoms in total. The minimum absolute atomic E-state index is 0.118. The minimum Gasteiger partial charge on any atom is -0.461 e. The van der Waals surface area contributed by atoms with E-state index in [2.05, 4.69) is 5.32 Å². The molecule has 0 aromatic carbocycles. The van der Waals surface area contributed by atoms with Gasteiger partial charge in [-0.2, -0.15) is 0 Å². The summed E-state index contributed by atoms with van der Waals surface area (Å²) in [6.45, 7) is 4.98. The van der Waals surface area contributed by atoms with Crippen LogP contribution < -0.4 is 5.32 Å². The van der Waals surface area contributed by atoms with Gasteiger partial charge in [0.25, 0.3) is 0 Å². The SMILES string of the molecule is CC(=O)CCCCCCC(=O)N[C@H](C)C(=O)C[C@@H]1C(=O)O[C@@H]1C. The third-order valence-corrected chi connectivity index (χ3v) is 4.14. The summed E-state index contributed by atoms with van der Waals surface area (Å²) >= 11 is 0. The van der Waals surface area contributed by atoms with Crippen molar-refractivity contribution in [2.75, 3.05) is 0 Å².